The lowest BCUT2D eigenvalue weighted by Gasteiger charge is -2.30. The Morgan fingerprint density at radius 3 is 2.24 bits per heavy atom. The summed E-state index contributed by atoms with van der Waals surface area (Å²) in [4.78, 5) is 12.4. The van der Waals surface area contributed by atoms with E-state index >= 15 is 0 Å². The molecule has 0 fully saturated rings. The zero-order valence-electron chi connectivity index (χ0n) is 13.7. The molecule has 21 heavy (non-hydrogen) atoms. The molecule has 1 atom stereocenters. The smallest absolute Gasteiger partial charge is 0.312 e. The van der Waals surface area contributed by atoms with Gasteiger partial charge >= 0.3 is 5.97 Å². The number of carbonyl (C=O) groups excluding carboxylic acids is 1. The van der Waals surface area contributed by atoms with Crippen molar-refractivity contribution in [1.82, 2.24) is 0 Å². The Morgan fingerprint density at radius 1 is 1.14 bits per heavy atom. The first-order valence-electron chi connectivity index (χ1n) is 8.07. The van der Waals surface area contributed by atoms with E-state index in [2.05, 4.69) is 38.1 Å². The van der Waals surface area contributed by atoms with Crippen molar-refractivity contribution in [3.63, 3.8) is 0 Å². The van der Waals surface area contributed by atoms with Gasteiger partial charge in [0.25, 0.3) is 0 Å². The molecule has 0 amide bonds. The van der Waals surface area contributed by atoms with E-state index in [0.717, 1.165) is 32.1 Å². The second-order valence-corrected chi connectivity index (χ2v) is 5.64. The molecule has 1 unspecified atom stereocenters. The minimum atomic E-state index is -0.389. The minimum absolute atomic E-state index is 0.0552. The summed E-state index contributed by atoms with van der Waals surface area (Å²) in [6.45, 7) is 7.17. The SMILES string of the molecule is CCCC(CC)(Cc1ccc(CCN)cc1)C(=O)OCC. The lowest BCUT2D eigenvalue weighted by molar-refractivity contribution is -0.156. The highest BCUT2D eigenvalue weighted by atomic mass is 16.5. The van der Waals surface area contributed by atoms with Gasteiger partial charge in [-0.2, -0.15) is 0 Å². The number of esters is 1. The van der Waals surface area contributed by atoms with Crippen molar-refractivity contribution in [3.05, 3.63) is 35.4 Å². The molecule has 0 aliphatic heterocycles. The predicted molar refractivity (Wildman–Crippen MR) is 87.2 cm³/mol. The minimum Gasteiger partial charge on any atom is -0.466 e. The molecule has 2 N–H and O–H groups in total. The van der Waals surface area contributed by atoms with Gasteiger partial charge in [-0.25, -0.2) is 0 Å². The Balaban J connectivity index is 2.91. The summed E-state index contributed by atoms with van der Waals surface area (Å²) in [6, 6.07) is 8.45. The van der Waals surface area contributed by atoms with Gasteiger partial charge in [-0.05, 0) is 50.3 Å². The van der Waals surface area contributed by atoms with Crippen LogP contribution in [0.15, 0.2) is 24.3 Å². The van der Waals surface area contributed by atoms with Crippen LogP contribution in [-0.2, 0) is 22.4 Å². The number of carbonyl (C=O) groups is 1. The third-order valence-electron chi connectivity index (χ3n) is 4.11. The molecule has 1 aromatic rings. The van der Waals surface area contributed by atoms with Crippen LogP contribution in [-0.4, -0.2) is 19.1 Å². The molecule has 0 aliphatic rings. The first kappa shape index (κ1) is 17.7. The summed E-state index contributed by atoms with van der Waals surface area (Å²) < 4.78 is 5.33. The summed E-state index contributed by atoms with van der Waals surface area (Å²) in [5.74, 6) is -0.0552. The maximum absolute atomic E-state index is 12.4. The largest absolute Gasteiger partial charge is 0.466 e. The lowest BCUT2D eigenvalue weighted by Crippen LogP contribution is -2.34. The topological polar surface area (TPSA) is 52.3 Å². The van der Waals surface area contributed by atoms with Crippen LogP contribution in [0.2, 0.25) is 0 Å². The van der Waals surface area contributed by atoms with Gasteiger partial charge < -0.3 is 10.5 Å². The molecule has 0 heterocycles. The zero-order chi connectivity index (χ0) is 15.7. The fourth-order valence-electron chi connectivity index (χ4n) is 2.85. The van der Waals surface area contributed by atoms with E-state index in [1.54, 1.807) is 0 Å². The Morgan fingerprint density at radius 2 is 1.76 bits per heavy atom. The van der Waals surface area contributed by atoms with Gasteiger partial charge in [-0.1, -0.05) is 44.5 Å². The molecule has 0 spiro atoms. The number of rotatable bonds is 9. The maximum Gasteiger partial charge on any atom is 0.312 e. The molecule has 0 saturated carbocycles. The second kappa shape index (κ2) is 8.83. The highest BCUT2D eigenvalue weighted by molar-refractivity contribution is 5.77. The summed E-state index contributed by atoms with van der Waals surface area (Å²) in [6.07, 6.45) is 4.31. The van der Waals surface area contributed by atoms with Crippen molar-refractivity contribution in [2.24, 2.45) is 11.1 Å². The van der Waals surface area contributed by atoms with Crippen LogP contribution >= 0.6 is 0 Å². The second-order valence-electron chi connectivity index (χ2n) is 5.64. The van der Waals surface area contributed by atoms with Crippen molar-refractivity contribution >= 4 is 5.97 Å². The van der Waals surface area contributed by atoms with Crippen LogP contribution in [0.3, 0.4) is 0 Å². The molecule has 0 aliphatic carbocycles. The zero-order valence-corrected chi connectivity index (χ0v) is 13.7. The Kier molecular flexibility index (Phi) is 7.44. The monoisotopic (exact) mass is 291 g/mol. The molecule has 0 radical (unpaired) electrons. The van der Waals surface area contributed by atoms with Crippen LogP contribution in [0, 0.1) is 5.41 Å². The first-order valence-corrected chi connectivity index (χ1v) is 8.07. The summed E-state index contributed by atoms with van der Waals surface area (Å²) >= 11 is 0. The summed E-state index contributed by atoms with van der Waals surface area (Å²) in [5, 5.41) is 0. The predicted octanol–water partition coefficient (Wildman–Crippen LogP) is 3.49. The van der Waals surface area contributed by atoms with Crippen LogP contribution in [0.5, 0.6) is 0 Å². The number of hydrogen-bond donors (Lipinski definition) is 1. The quantitative estimate of drug-likeness (QED) is 0.709. The van der Waals surface area contributed by atoms with Crippen molar-refractivity contribution in [3.8, 4) is 0 Å². The molecule has 3 heteroatoms. The number of ether oxygens (including phenoxy) is 1. The van der Waals surface area contributed by atoms with E-state index in [1.165, 1.54) is 11.1 Å². The van der Waals surface area contributed by atoms with Crippen molar-refractivity contribution in [2.45, 2.75) is 52.9 Å². The van der Waals surface area contributed by atoms with Gasteiger partial charge in [0.05, 0.1) is 12.0 Å². The molecule has 1 aromatic carbocycles. The number of benzene rings is 1. The maximum atomic E-state index is 12.4. The molecule has 0 saturated heterocycles. The van der Waals surface area contributed by atoms with E-state index in [0.29, 0.717) is 13.2 Å². The number of nitrogens with two attached hydrogens (primary N) is 1. The average Bonchev–Trinajstić information content (AvgIpc) is 2.49. The molecular weight excluding hydrogens is 262 g/mol. The highest BCUT2D eigenvalue weighted by Gasteiger charge is 2.37. The van der Waals surface area contributed by atoms with E-state index in [9.17, 15) is 4.79 Å². The molecular formula is C18H29NO2. The first-order chi connectivity index (χ1) is 10.1. The van der Waals surface area contributed by atoms with E-state index < -0.39 is 0 Å². The molecule has 3 nitrogen and oxygen atoms in total. The van der Waals surface area contributed by atoms with Crippen LogP contribution < -0.4 is 5.73 Å². The van der Waals surface area contributed by atoms with Gasteiger partial charge in [0.15, 0.2) is 0 Å². The third-order valence-corrected chi connectivity index (χ3v) is 4.11. The van der Waals surface area contributed by atoms with Crippen molar-refractivity contribution in [1.29, 1.82) is 0 Å². The highest BCUT2D eigenvalue weighted by Crippen LogP contribution is 2.34. The number of hydrogen-bond acceptors (Lipinski definition) is 3. The van der Waals surface area contributed by atoms with Gasteiger partial charge in [0.2, 0.25) is 0 Å². The Bertz CT molecular complexity index is 427. The normalized spacial score (nSPS) is 13.7. The molecule has 0 aromatic heterocycles. The van der Waals surface area contributed by atoms with Gasteiger partial charge in [-0.3, -0.25) is 4.79 Å². The van der Waals surface area contributed by atoms with Crippen LogP contribution in [0.4, 0.5) is 0 Å². The van der Waals surface area contributed by atoms with Crippen molar-refractivity contribution < 1.29 is 9.53 Å². The van der Waals surface area contributed by atoms with E-state index in [-0.39, 0.29) is 11.4 Å². The van der Waals surface area contributed by atoms with Crippen LogP contribution in [0.1, 0.15) is 51.2 Å². The fraction of sp³-hybridized carbons (Fsp3) is 0.611. The fourth-order valence-corrected chi connectivity index (χ4v) is 2.85. The molecule has 118 valence electrons. The van der Waals surface area contributed by atoms with Crippen molar-refractivity contribution in [2.75, 3.05) is 13.2 Å². The lowest BCUT2D eigenvalue weighted by atomic mass is 9.75. The van der Waals surface area contributed by atoms with Gasteiger partial charge in [-0.15, -0.1) is 0 Å². The standard InChI is InChI=1S/C18H29NO2/c1-4-12-18(5-2,17(20)21-6-3)14-16-9-7-15(8-10-16)11-13-19/h7-10H,4-6,11-14,19H2,1-3H3. The van der Waals surface area contributed by atoms with Crippen LogP contribution in [0.25, 0.3) is 0 Å². The molecule has 0 bridgehead atoms. The summed E-state index contributed by atoms with van der Waals surface area (Å²) in [7, 11) is 0. The summed E-state index contributed by atoms with van der Waals surface area (Å²) in [5.41, 5.74) is 7.62. The average molecular weight is 291 g/mol. The van der Waals surface area contributed by atoms with E-state index in [1.807, 2.05) is 6.92 Å². The Hall–Kier alpha value is -1.35. The van der Waals surface area contributed by atoms with E-state index in [4.69, 9.17) is 10.5 Å². The van der Waals surface area contributed by atoms with Gasteiger partial charge in [0.1, 0.15) is 0 Å². The molecule has 1 rings (SSSR count). The van der Waals surface area contributed by atoms with Gasteiger partial charge in [0, 0.05) is 0 Å². The third kappa shape index (κ3) is 4.85. The Labute approximate surface area is 128 Å².